The first-order chi connectivity index (χ1) is 15.8. The summed E-state index contributed by atoms with van der Waals surface area (Å²) >= 11 is 0. The molecule has 3 saturated heterocycles. The fourth-order valence-electron chi connectivity index (χ4n) is 5.67. The molecule has 3 aliphatic rings. The normalized spacial score (nSPS) is 24.9. The lowest BCUT2D eigenvalue weighted by Crippen LogP contribution is -2.51. The van der Waals surface area contributed by atoms with E-state index in [-0.39, 0.29) is 24.9 Å². The average molecular weight is 460 g/mol. The van der Waals surface area contributed by atoms with Gasteiger partial charge in [-0.2, -0.15) is 0 Å². The summed E-state index contributed by atoms with van der Waals surface area (Å²) in [7, 11) is 0. The van der Waals surface area contributed by atoms with Gasteiger partial charge in [-0.25, -0.2) is 13.6 Å². The number of halogens is 2. The van der Waals surface area contributed by atoms with Gasteiger partial charge in [0, 0.05) is 55.6 Å². The van der Waals surface area contributed by atoms with Crippen LogP contribution in [0.15, 0.2) is 24.3 Å². The molecule has 5 rings (SSSR count). The maximum absolute atomic E-state index is 14.2. The number of anilines is 1. The Morgan fingerprint density at radius 1 is 1.12 bits per heavy atom. The number of piperidine rings is 2. The van der Waals surface area contributed by atoms with Crippen LogP contribution in [0.4, 0.5) is 19.3 Å². The smallest absolute Gasteiger partial charge is 0.328 e. The van der Waals surface area contributed by atoms with Gasteiger partial charge in [-0.1, -0.05) is 6.07 Å². The molecule has 0 bridgehead atoms. The minimum Gasteiger partial charge on any atom is -0.342 e. The lowest BCUT2D eigenvalue weighted by atomic mass is 9.92. The zero-order chi connectivity index (χ0) is 23.2. The number of carbonyl (C=O) groups excluding carboxylic acids is 2. The quantitative estimate of drug-likeness (QED) is 0.736. The van der Waals surface area contributed by atoms with Crippen LogP contribution >= 0.6 is 0 Å². The zero-order valence-electron chi connectivity index (χ0n) is 18.9. The lowest BCUT2D eigenvalue weighted by molar-refractivity contribution is -0.120. The minimum atomic E-state index is -2.63. The molecule has 3 fully saturated rings. The summed E-state index contributed by atoms with van der Waals surface area (Å²) in [5, 5.41) is 6.20. The van der Waals surface area contributed by atoms with Gasteiger partial charge in [0.15, 0.2) is 0 Å². The average Bonchev–Trinajstić information content (AvgIpc) is 3.12. The molecule has 33 heavy (non-hydrogen) atoms. The Bertz CT molecular complexity index is 1060. The molecular formula is C24H31F2N5O2. The van der Waals surface area contributed by atoms with Gasteiger partial charge in [-0.15, -0.1) is 0 Å². The molecule has 0 spiro atoms. The lowest BCUT2D eigenvalue weighted by Gasteiger charge is -2.39. The van der Waals surface area contributed by atoms with E-state index < -0.39 is 11.8 Å². The van der Waals surface area contributed by atoms with Gasteiger partial charge in [0.05, 0.1) is 17.7 Å². The molecular weight excluding hydrogens is 428 g/mol. The highest BCUT2D eigenvalue weighted by Crippen LogP contribution is 2.36. The Balaban J connectivity index is 1.32. The molecule has 1 atom stereocenters. The molecule has 0 radical (unpaired) electrons. The number of nitrogens with zero attached hydrogens (tertiary/aromatic N) is 3. The van der Waals surface area contributed by atoms with Crippen LogP contribution in [-0.4, -0.2) is 66.6 Å². The van der Waals surface area contributed by atoms with E-state index >= 15 is 0 Å². The number of alkyl halides is 2. The number of hydrogen-bond acceptors (Lipinski definition) is 4. The standard InChI is InChI=1S/C24H31F2N5O2/c1-16-13-19-20(30-12-8-22(32)28-23(30)33)3-2-4-21(19)31(16)18-6-10-29(11-7-18)14-17-5-9-27-15-24(17,25)26/h2-4,13,17-18,27H,5-12,14-15H2,1H3,(H,28,32,33)/t17-/m0/s1. The van der Waals surface area contributed by atoms with E-state index in [1.165, 1.54) is 0 Å². The Hall–Kier alpha value is -2.52. The van der Waals surface area contributed by atoms with Gasteiger partial charge in [-0.05, 0) is 50.9 Å². The monoisotopic (exact) mass is 459 g/mol. The van der Waals surface area contributed by atoms with Crippen LogP contribution in [0.2, 0.25) is 0 Å². The molecule has 2 aromatic rings. The van der Waals surface area contributed by atoms with Crippen molar-refractivity contribution < 1.29 is 18.4 Å². The number of benzene rings is 1. The Kier molecular flexibility index (Phi) is 5.86. The maximum Gasteiger partial charge on any atom is 0.328 e. The predicted octanol–water partition coefficient (Wildman–Crippen LogP) is 3.28. The topological polar surface area (TPSA) is 69.6 Å². The van der Waals surface area contributed by atoms with Crippen LogP contribution in [0.25, 0.3) is 10.9 Å². The van der Waals surface area contributed by atoms with E-state index in [1.54, 1.807) is 4.90 Å². The predicted molar refractivity (Wildman–Crippen MR) is 123 cm³/mol. The molecule has 1 aromatic carbocycles. The summed E-state index contributed by atoms with van der Waals surface area (Å²) in [6.45, 7) is 4.96. The minimum absolute atomic E-state index is 0.214. The Morgan fingerprint density at radius 2 is 1.91 bits per heavy atom. The number of aryl methyl sites for hydroxylation is 1. The second kappa shape index (κ2) is 8.68. The summed E-state index contributed by atoms with van der Waals surface area (Å²) in [4.78, 5) is 27.8. The third kappa shape index (κ3) is 4.24. The fraction of sp³-hybridized carbons (Fsp3) is 0.583. The van der Waals surface area contributed by atoms with Crippen molar-refractivity contribution in [2.24, 2.45) is 5.92 Å². The fourth-order valence-corrected chi connectivity index (χ4v) is 5.67. The summed E-state index contributed by atoms with van der Waals surface area (Å²) in [6.07, 6.45) is 2.62. The van der Waals surface area contributed by atoms with Gasteiger partial charge >= 0.3 is 6.03 Å². The van der Waals surface area contributed by atoms with Gasteiger partial charge in [-0.3, -0.25) is 15.0 Å². The van der Waals surface area contributed by atoms with Crippen molar-refractivity contribution in [3.63, 3.8) is 0 Å². The summed E-state index contributed by atoms with van der Waals surface area (Å²) in [5.74, 6) is -3.45. The molecule has 7 nitrogen and oxygen atoms in total. The van der Waals surface area contributed by atoms with E-state index in [0.29, 0.717) is 32.1 Å². The number of rotatable bonds is 4. The Morgan fingerprint density at radius 3 is 2.64 bits per heavy atom. The summed E-state index contributed by atoms with van der Waals surface area (Å²) in [6, 6.07) is 7.96. The number of likely N-dealkylation sites (tertiary alicyclic amines) is 1. The molecule has 2 N–H and O–H groups in total. The number of imide groups is 1. The second-order valence-corrected chi connectivity index (χ2v) is 9.58. The van der Waals surface area contributed by atoms with Gasteiger partial charge in [0.25, 0.3) is 5.92 Å². The van der Waals surface area contributed by atoms with Crippen LogP contribution in [-0.2, 0) is 4.79 Å². The van der Waals surface area contributed by atoms with Crippen molar-refractivity contribution >= 4 is 28.5 Å². The van der Waals surface area contributed by atoms with Crippen molar-refractivity contribution in [1.29, 1.82) is 0 Å². The highest BCUT2D eigenvalue weighted by Gasteiger charge is 2.42. The van der Waals surface area contributed by atoms with Crippen LogP contribution in [0.1, 0.15) is 37.4 Å². The number of hydrogen-bond donors (Lipinski definition) is 2. The Labute approximate surface area is 192 Å². The highest BCUT2D eigenvalue weighted by molar-refractivity contribution is 6.09. The first-order valence-electron chi connectivity index (χ1n) is 11.9. The van der Waals surface area contributed by atoms with Crippen molar-refractivity contribution in [1.82, 2.24) is 20.1 Å². The van der Waals surface area contributed by atoms with Crippen LogP contribution in [0, 0.1) is 12.8 Å². The van der Waals surface area contributed by atoms with Crippen molar-refractivity contribution in [3.05, 3.63) is 30.0 Å². The molecule has 0 unspecified atom stereocenters. The van der Waals surface area contributed by atoms with Gasteiger partial charge in [0.1, 0.15) is 0 Å². The maximum atomic E-state index is 14.2. The molecule has 0 aliphatic carbocycles. The van der Waals surface area contributed by atoms with Crippen LogP contribution < -0.4 is 15.5 Å². The number of nitrogens with one attached hydrogen (secondary N) is 2. The van der Waals surface area contributed by atoms with Gasteiger partial charge < -0.3 is 14.8 Å². The first-order valence-corrected chi connectivity index (χ1v) is 11.9. The van der Waals surface area contributed by atoms with Crippen LogP contribution in [0.3, 0.4) is 0 Å². The number of urea groups is 1. The van der Waals surface area contributed by atoms with E-state index in [2.05, 4.69) is 39.2 Å². The molecule has 178 valence electrons. The number of fused-ring (bicyclic) bond motifs is 1. The van der Waals surface area contributed by atoms with E-state index in [0.717, 1.165) is 48.2 Å². The molecule has 9 heteroatoms. The number of aromatic nitrogens is 1. The van der Waals surface area contributed by atoms with Crippen LogP contribution in [0.5, 0.6) is 0 Å². The number of carbonyl (C=O) groups is 2. The molecule has 3 aliphatic heterocycles. The number of amides is 3. The van der Waals surface area contributed by atoms with E-state index in [1.807, 2.05) is 12.1 Å². The molecule has 1 aromatic heterocycles. The van der Waals surface area contributed by atoms with E-state index in [4.69, 9.17) is 0 Å². The largest absolute Gasteiger partial charge is 0.342 e. The third-order valence-electron chi connectivity index (χ3n) is 7.43. The van der Waals surface area contributed by atoms with Gasteiger partial charge in [0.2, 0.25) is 5.91 Å². The molecule has 0 saturated carbocycles. The second-order valence-electron chi connectivity index (χ2n) is 9.58. The highest BCUT2D eigenvalue weighted by atomic mass is 19.3. The third-order valence-corrected chi connectivity index (χ3v) is 7.43. The SMILES string of the molecule is Cc1cc2c(N3CCC(=O)NC3=O)cccc2n1C1CCN(C[C@@H]2CCNCC2(F)F)CC1. The summed E-state index contributed by atoms with van der Waals surface area (Å²) in [5.41, 5.74) is 3.00. The first kappa shape index (κ1) is 22.3. The zero-order valence-corrected chi connectivity index (χ0v) is 18.9. The van der Waals surface area contributed by atoms with Crippen molar-refractivity contribution in [2.45, 2.75) is 44.6 Å². The van der Waals surface area contributed by atoms with Crippen molar-refractivity contribution in [2.75, 3.05) is 44.2 Å². The van der Waals surface area contributed by atoms with Crippen molar-refractivity contribution in [3.8, 4) is 0 Å². The molecule has 3 amide bonds. The van der Waals surface area contributed by atoms with E-state index in [9.17, 15) is 18.4 Å². The molecule has 4 heterocycles. The summed E-state index contributed by atoms with van der Waals surface area (Å²) < 4.78 is 30.8.